The van der Waals surface area contributed by atoms with Gasteiger partial charge in [0.05, 0.1) is 11.5 Å². The molecule has 228 valence electrons. The van der Waals surface area contributed by atoms with Crippen molar-refractivity contribution in [1.29, 1.82) is 0 Å². The maximum absolute atomic E-state index is 14.0. The van der Waals surface area contributed by atoms with Gasteiger partial charge in [-0.1, -0.05) is 65.0 Å². The fourth-order valence-corrected chi connectivity index (χ4v) is 7.51. The van der Waals surface area contributed by atoms with E-state index in [1.54, 1.807) is 19.9 Å². The predicted octanol–water partition coefficient (Wildman–Crippen LogP) is 3.01. The quantitative estimate of drug-likeness (QED) is 0.374. The van der Waals surface area contributed by atoms with Gasteiger partial charge in [-0.25, -0.2) is 0 Å². The Bertz CT molecular complexity index is 1520. The third-order valence-electron chi connectivity index (χ3n) is 9.45. The molecule has 0 spiro atoms. The Morgan fingerprint density at radius 1 is 1.05 bits per heavy atom. The second kappa shape index (κ2) is 10.8. The molecule has 0 bridgehead atoms. The second-order valence-electron chi connectivity index (χ2n) is 14.0. The molecule has 6 atom stereocenters. The highest BCUT2D eigenvalue weighted by Gasteiger charge is 2.69. The van der Waals surface area contributed by atoms with Gasteiger partial charge in [0.15, 0.2) is 34.7 Å². The minimum Gasteiger partial charge on any atom is -0.507 e. The number of fused-ring (bicyclic) bond motifs is 3. The SMILES string of the molecule is CC(C)[C@@H]1C(=O)C(C(N)=O)C(=O)[C@@]2(O)C(=O)C3C(=O)c4c(O)ccc(-c5ccc(CNCC(C)(C)C)cc5)c4C[C@H]3C[C@@H]12. The molecule has 5 rings (SSSR count). The molecular formula is C34H40N2O7. The number of phenolic OH excluding ortho intramolecular Hbond substituents is 1. The van der Waals surface area contributed by atoms with Crippen LogP contribution in [0.2, 0.25) is 0 Å². The van der Waals surface area contributed by atoms with Gasteiger partial charge < -0.3 is 21.3 Å². The maximum Gasteiger partial charge on any atom is 0.235 e. The fourth-order valence-electron chi connectivity index (χ4n) is 7.51. The number of nitrogens with two attached hydrogens (primary N) is 1. The highest BCUT2D eigenvalue weighted by atomic mass is 16.3. The first-order valence-corrected chi connectivity index (χ1v) is 14.9. The van der Waals surface area contributed by atoms with Gasteiger partial charge in [-0.05, 0) is 58.4 Å². The second-order valence-corrected chi connectivity index (χ2v) is 14.0. The van der Waals surface area contributed by atoms with Gasteiger partial charge >= 0.3 is 0 Å². The smallest absolute Gasteiger partial charge is 0.235 e. The topological polar surface area (TPSA) is 164 Å². The van der Waals surface area contributed by atoms with Crippen LogP contribution in [0.1, 0.15) is 62.5 Å². The van der Waals surface area contributed by atoms with E-state index in [1.807, 2.05) is 24.3 Å². The average molecular weight is 589 g/mol. The van der Waals surface area contributed by atoms with Gasteiger partial charge in [-0.2, -0.15) is 0 Å². The number of primary amides is 1. The third kappa shape index (κ3) is 5.02. The highest BCUT2D eigenvalue weighted by molar-refractivity contribution is 6.32. The largest absolute Gasteiger partial charge is 0.507 e. The van der Waals surface area contributed by atoms with E-state index in [0.717, 1.165) is 23.2 Å². The summed E-state index contributed by atoms with van der Waals surface area (Å²) < 4.78 is 0. The summed E-state index contributed by atoms with van der Waals surface area (Å²) in [6, 6.07) is 11.1. The van der Waals surface area contributed by atoms with Gasteiger partial charge in [0.1, 0.15) is 5.75 Å². The van der Waals surface area contributed by atoms with Crippen molar-refractivity contribution in [2.45, 2.75) is 59.6 Å². The summed E-state index contributed by atoms with van der Waals surface area (Å²) >= 11 is 0. The summed E-state index contributed by atoms with van der Waals surface area (Å²) in [6.45, 7) is 11.5. The van der Waals surface area contributed by atoms with Crippen LogP contribution in [0.25, 0.3) is 11.1 Å². The molecule has 1 amide bonds. The summed E-state index contributed by atoms with van der Waals surface area (Å²) in [6.07, 6.45) is 0.284. The van der Waals surface area contributed by atoms with Crippen molar-refractivity contribution >= 4 is 29.0 Å². The molecule has 2 fully saturated rings. The Morgan fingerprint density at radius 3 is 2.28 bits per heavy atom. The summed E-state index contributed by atoms with van der Waals surface area (Å²) in [4.78, 5) is 66.9. The molecule has 3 aliphatic rings. The Morgan fingerprint density at radius 2 is 1.70 bits per heavy atom. The summed E-state index contributed by atoms with van der Waals surface area (Å²) in [7, 11) is 0. The minimum absolute atomic E-state index is 0.00346. The lowest BCUT2D eigenvalue weighted by molar-refractivity contribution is -0.182. The van der Waals surface area contributed by atoms with Gasteiger partial charge in [-0.3, -0.25) is 24.0 Å². The summed E-state index contributed by atoms with van der Waals surface area (Å²) in [5.41, 5.74) is 6.12. The zero-order valence-electron chi connectivity index (χ0n) is 25.3. The number of aromatic hydroxyl groups is 1. The van der Waals surface area contributed by atoms with Crippen molar-refractivity contribution in [3.8, 4) is 16.9 Å². The molecule has 0 heterocycles. The van der Waals surface area contributed by atoms with Crippen molar-refractivity contribution < 1.29 is 34.2 Å². The van der Waals surface area contributed by atoms with E-state index < -0.39 is 70.1 Å². The van der Waals surface area contributed by atoms with Crippen molar-refractivity contribution in [2.75, 3.05) is 6.54 Å². The van der Waals surface area contributed by atoms with Crippen LogP contribution in [0.3, 0.4) is 0 Å². The fraction of sp³-hybridized carbons (Fsp3) is 0.500. The molecular weight excluding hydrogens is 548 g/mol. The number of carbonyl (C=O) groups is 5. The van der Waals surface area contributed by atoms with Crippen LogP contribution in [0.15, 0.2) is 36.4 Å². The zero-order chi connectivity index (χ0) is 31.6. The first kappa shape index (κ1) is 30.8. The van der Waals surface area contributed by atoms with Gasteiger partial charge in [0, 0.05) is 24.9 Å². The van der Waals surface area contributed by atoms with E-state index >= 15 is 0 Å². The minimum atomic E-state index is -2.69. The van der Waals surface area contributed by atoms with Gasteiger partial charge in [0.25, 0.3) is 0 Å². The van der Waals surface area contributed by atoms with E-state index in [9.17, 15) is 34.2 Å². The van der Waals surface area contributed by atoms with Crippen LogP contribution in [0, 0.1) is 40.9 Å². The van der Waals surface area contributed by atoms with Crippen LogP contribution in [0.4, 0.5) is 0 Å². The number of benzene rings is 2. The predicted molar refractivity (Wildman–Crippen MR) is 159 cm³/mol. The Balaban J connectivity index is 1.52. The van der Waals surface area contributed by atoms with Crippen LogP contribution < -0.4 is 11.1 Å². The van der Waals surface area contributed by atoms with E-state index in [0.29, 0.717) is 12.1 Å². The lowest BCUT2D eigenvalue weighted by Crippen LogP contribution is -2.71. The summed E-state index contributed by atoms with van der Waals surface area (Å²) in [5, 5.41) is 26.0. The van der Waals surface area contributed by atoms with Crippen molar-refractivity contribution in [2.24, 2.45) is 46.7 Å². The standard InChI is InChI=1S/C34H40N2O7/c1-16(2)24-22-13-19-12-21-20(18-8-6-17(7-9-18)14-36-15-33(3,4)5)10-11-23(37)26(21)29(39)25(19)30(40)34(22,43)31(41)27(28(24)38)32(35)42/h6-11,16,19,22,24-25,27,36-37,43H,12-15H2,1-5H3,(H2,35,42)/t19-,22-,24-,25?,27?,34-/m0/s1. The molecule has 0 saturated heterocycles. The molecule has 9 nitrogen and oxygen atoms in total. The molecule has 2 saturated carbocycles. The maximum atomic E-state index is 14.0. The van der Waals surface area contributed by atoms with Crippen LogP contribution in [-0.4, -0.2) is 51.4 Å². The zero-order valence-corrected chi connectivity index (χ0v) is 25.3. The Kier molecular flexibility index (Phi) is 7.72. The molecule has 2 unspecified atom stereocenters. The number of phenols is 1. The number of hydrogen-bond donors (Lipinski definition) is 4. The number of nitrogens with one attached hydrogen (secondary N) is 1. The lowest BCUT2D eigenvalue weighted by atomic mass is 9.49. The first-order valence-electron chi connectivity index (χ1n) is 14.9. The first-order chi connectivity index (χ1) is 20.1. The van der Waals surface area contributed by atoms with E-state index in [2.05, 4.69) is 26.1 Å². The molecule has 43 heavy (non-hydrogen) atoms. The van der Waals surface area contributed by atoms with Crippen LogP contribution in [0.5, 0.6) is 5.75 Å². The number of carbonyl (C=O) groups excluding carboxylic acids is 5. The molecule has 2 aromatic carbocycles. The van der Waals surface area contributed by atoms with Crippen molar-refractivity contribution in [1.82, 2.24) is 5.32 Å². The van der Waals surface area contributed by atoms with E-state index in [1.165, 1.54) is 6.07 Å². The number of rotatable bonds is 6. The summed E-state index contributed by atoms with van der Waals surface area (Å²) in [5.74, 6) is -11.5. The van der Waals surface area contributed by atoms with Gasteiger partial charge in [-0.15, -0.1) is 0 Å². The molecule has 3 aliphatic carbocycles. The van der Waals surface area contributed by atoms with E-state index in [4.69, 9.17) is 5.73 Å². The Labute approximate surface area is 251 Å². The molecule has 2 aromatic rings. The van der Waals surface area contributed by atoms with Crippen molar-refractivity contribution in [3.63, 3.8) is 0 Å². The molecule has 5 N–H and O–H groups in total. The third-order valence-corrected chi connectivity index (χ3v) is 9.45. The molecule has 9 heteroatoms. The average Bonchev–Trinajstić information content (AvgIpc) is 2.90. The molecule has 0 aliphatic heterocycles. The molecule has 0 aromatic heterocycles. The normalized spacial score (nSPS) is 28.9. The lowest BCUT2D eigenvalue weighted by Gasteiger charge is -2.52. The van der Waals surface area contributed by atoms with Crippen molar-refractivity contribution in [3.05, 3.63) is 53.1 Å². The van der Waals surface area contributed by atoms with E-state index in [-0.39, 0.29) is 29.6 Å². The number of amides is 1. The van der Waals surface area contributed by atoms with Gasteiger partial charge in [0.2, 0.25) is 5.91 Å². The number of hydrogen-bond acceptors (Lipinski definition) is 8. The van der Waals surface area contributed by atoms with Crippen LogP contribution >= 0.6 is 0 Å². The monoisotopic (exact) mass is 588 g/mol. The Hall–Kier alpha value is -3.69. The number of Topliss-reactive ketones (excluding diaryl/α,β-unsaturated/α-hetero) is 4. The molecule has 0 radical (unpaired) electrons. The number of aliphatic hydroxyl groups is 1. The highest BCUT2D eigenvalue weighted by Crippen LogP contribution is 2.53. The number of ketones is 4. The van der Waals surface area contributed by atoms with Crippen LogP contribution in [-0.2, 0) is 32.1 Å².